The summed E-state index contributed by atoms with van der Waals surface area (Å²) in [6.45, 7) is 12.0. The molecule has 0 N–H and O–H groups in total. The van der Waals surface area contributed by atoms with Crippen molar-refractivity contribution in [2.24, 2.45) is 4.99 Å². The van der Waals surface area contributed by atoms with Gasteiger partial charge in [0.05, 0.1) is 12.3 Å². The van der Waals surface area contributed by atoms with Crippen molar-refractivity contribution in [3.63, 3.8) is 0 Å². The summed E-state index contributed by atoms with van der Waals surface area (Å²) >= 11 is 3.41. The molecule has 8 nitrogen and oxygen atoms in total. The second-order valence-electron chi connectivity index (χ2n) is 9.09. The molecule has 32 heavy (non-hydrogen) atoms. The molecule has 0 aromatic heterocycles. The number of fused-ring (bicyclic) bond motifs is 1. The van der Waals surface area contributed by atoms with Gasteiger partial charge in [-0.05, 0) is 72.7 Å². The Morgan fingerprint density at radius 1 is 1.03 bits per heavy atom. The van der Waals surface area contributed by atoms with Gasteiger partial charge < -0.3 is 14.2 Å². The normalized spacial score (nSPS) is 13.8. The highest BCUT2D eigenvalue weighted by Crippen LogP contribution is 2.31. The van der Waals surface area contributed by atoms with Crippen molar-refractivity contribution in [3.05, 3.63) is 33.8 Å². The molecule has 1 aliphatic rings. The predicted molar refractivity (Wildman–Crippen MR) is 125 cm³/mol. The molecule has 0 spiro atoms. The van der Waals surface area contributed by atoms with Gasteiger partial charge in [-0.2, -0.15) is 4.90 Å². The molecular weight excluding hydrogens is 480 g/mol. The number of esters is 1. The molecule has 0 fully saturated rings. The molecule has 0 atom stereocenters. The smallest absolute Gasteiger partial charge is 0.425 e. The van der Waals surface area contributed by atoms with E-state index in [0.717, 1.165) is 9.37 Å². The van der Waals surface area contributed by atoms with Gasteiger partial charge in [0.1, 0.15) is 17.0 Å². The molecule has 1 aromatic rings. The largest absolute Gasteiger partial charge is 0.463 e. The summed E-state index contributed by atoms with van der Waals surface area (Å²) in [5.74, 6) is -0.574. The fourth-order valence-electron chi connectivity index (χ4n) is 2.71. The molecule has 1 aromatic carbocycles. The first-order chi connectivity index (χ1) is 14.7. The minimum Gasteiger partial charge on any atom is -0.463 e. The molecule has 1 heterocycles. The lowest BCUT2D eigenvalue weighted by Crippen LogP contribution is -2.47. The van der Waals surface area contributed by atoms with Gasteiger partial charge in [0.15, 0.2) is 0 Å². The van der Waals surface area contributed by atoms with Gasteiger partial charge in [-0.1, -0.05) is 15.9 Å². The van der Waals surface area contributed by atoms with E-state index >= 15 is 0 Å². The molecule has 0 bridgehead atoms. The highest BCUT2D eigenvalue weighted by atomic mass is 79.9. The first kappa shape index (κ1) is 25.6. The Hall–Kier alpha value is -2.68. The second-order valence-corrected chi connectivity index (χ2v) is 10.0. The van der Waals surface area contributed by atoms with Crippen LogP contribution in [0.25, 0.3) is 6.08 Å². The number of carbonyl (C=O) groups is 3. The van der Waals surface area contributed by atoms with Crippen molar-refractivity contribution in [3.8, 4) is 0 Å². The summed E-state index contributed by atoms with van der Waals surface area (Å²) in [5, 5.41) is 0. The Morgan fingerprint density at radius 3 is 2.09 bits per heavy atom. The highest BCUT2D eigenvalue weighted by molar-refractivity contribution is 9.10. The quantitative estimate of drug-likeness (QED) is 0.359. The van der Waals surface area contributed by atoms with Gasteiger partial charge in [-0.25, -0.2) is 19.4 Å². The van der Waals surface area contributed by atoms with E-state index in [4.69, 9.17) is 14.2 Å². The van der Waals surface area contributed by atoms with Crippen molar-refractivity contribution in [1.29, 1.82) is 0 Å². The van der Waals surface area contributed by atoms with E-state index in [1.165, 1.54) is 0 Å². The summed E-state index contributed by atoms with van der Waals surface area (Å²) in [7, 11) is 0. The number of hydrogen-bond donors (Lipinski definition) is 0. The van der Waals surface area contributed by atoms with Crippen LogP contribution in [0.5, 0.6) is 0 Å². The third-order valence-corrected chi connectivity index (χ3v) is 4.36. The van der Waals surface area contributed by atoms with Gasteiger partial charge >= 0.3 is 18.2 Å². The summed E-state index contributed by atoms with van der Waals surface area (Å²) in [5.41, 5.74) is -0.402. The van der Waals surface area contributed by atoms with Gasteiger partial charge in [0, 0.05) is 22.0 Å². The Bertz CT molecular complexity index is 942. The number of rotatable bonds is 2. The van der Waals surface area contributed by atoms with Gasteiger partial charge in [0.25, 0.3) is 0 Å². The van der Waals surface area contributed by atoms with Crippen LogP contribution in [0.3, 0.4) is 0 Å². The number of carbonyl (C=O) groups excluding carboxylic acids is 3. The molecule has 0 saturated carbocycles. The number of nitrogens with zero attached hydrogens (tertiary/aromatic N) is 2. The molecule has 9 heteroatoms. The number of aliphatic imine (C=N–C) groups is 1. The topological polar surface area (TPSA) is 94.5 Å². The number of imide groups is 1. The number of benzene rings is 1. The van der Waals surface area contributed by atoms with E-state index in [9.17, 15) is 14.4 Å². The number of ether oxygens (including phenoxy) is 3. The molecular formula is C23H29BrN2O6. The van der Waals surface area contributed by atoms with Crippen LogP contribution in [-0.4, -0.2) is 46.7 Å². The number of amidine groups is 1. The Labute approximate surface area is 196 Å². The lowest BCUT2D eigenvalue weighted by Gasteiger charge is -2.29. The standard InChI is InChI=1S/C23H29BrN2O6/c1-8-30-19(27)15-11-14-12-16(24)9-10-17(14)25-18(13-15)26(20(28)31-22(2,3)4)21(29)32-23(5,6)7/h9-12H,8,13H2,1-7H3. The lowest BCUT2D eigenvalue weighted by atomic mass is 10.1. The van der Waals surface area contributed by atoms with E-state index < -0.39 is 29.4 Å². The van der Waals surface area contributed by atoms with Crippen LogP contribution in [0.4, 0.5) is 15.3 Å². The average Bonchev–Trinajstić information content (AvgIpc) is 2.78. The minimum atomic E-state index is -0.950. The van der Waals surface area contributed by atoms with Crippen molar-refractivity contribution >= 4 is 51.7 Å². The fourth-order valence-corrected chi connectivity index (χ4v) is 3.09. The maximum Gasteiger partial charge on any atom is 0.425 e. The summed E-state index contributed by atoms with van der Waals surface area (Å²) in [6, 6.07) is 5.27. The van der Waals surface area contributed by atoms with Crippen LogP contribution in [-0.2, 0) is 19.0 Å². The van der Waals surface area contributed by atoms with Crippen LogP contribution in [0.15, 0.2) is 33.2 Å². The average molecular weight is 509 g/mol. The predicted octanol–water partition coefficient (Wildman–Crippen LogP) is 6.00. The Balaban J connectivity index is 2.62. The van der Waals surface area contributed by atoms with Crippen molar-refractivity contribution in [2.75, 3.05) is 6.61 Å². The Kier molecular flexibility index (Phi) is 7.88. The molecule has 0 saturated heterocycles. The van der Waals surface area contributed by atoms with E-state index in [0.29, 0.717) is 11.3 Å². The number of halogens is 1. The zero-order chi connectivity index (χ0) is 24.3. The maximum atomic E-state index is 13.0. The number of amides is 2. The van der Waals surface area contributed by atoms with Gasteiger partial charge in [0.2, 0.25) is 0 Å². The maximum absolute atomic E-state index is 13.0. The third-order valence-electron chi connectivity index (χ3n) is 3.87. The van der Waals surface area contributed by atoms with E-state index in [2.05, 4.69) is 20.9 Å². The van der Waals surface area contributed by atoms with Crippen LogP contribution >= 0.6 is 15.9 Å². The fraction of sp³-hybridized carbons (Fsp3) is 0.478. The second kappa shape index (κ2) is 9.85. The SMILES string of the molecule is CCOC(=O)C1=Cc2cc(Br)ccc2N=C(N(C(=O)OC(C)(C)C)C(=O)OC(C)(C)C)C1. The van der Waals surface area contributed by atoms with E-state index in [1.54, 1.807) is 72.7 Å². The van der Waals surface area contributed by atoms with Gasteiger partial charge in [-0.15, -0.1) is 0 Å². The zero-order valence-electron chi connectivity index (χ0n) is 19.4. The Morgan fingerprint density at radius 2 is 1.59 bits per heavy atom. The minimum absolute atomic E-state index is 0.00567. The number of hydrogen-bond acceptors (Lipinski definition) is 7. The first-order valence-electron chi connectivity index (χ1n) is 10.2. The van der Waals surface area contributed by atoms with Crippen LogP contribution < -0.4 is 0 Å². The van der Waals surface area contributed by atoms with E-state index in [-0.39, 0.29) is 24.4 Å². The lowest BCUT2D eigenvalue weighted by molar-refractivity contribution is -0.138. The molecule has 0 unspecified atom stereocenters. The van der Waals surface area contributed by atoms with Gasteiger partial charge in [-0.3, -0.25) is 0 Å². The monoisotopic (exact) mass is 508 g/mol. The van der Waals surface area contributed by atoms with Crippen molar-refractivity contribution < 1.29 is 28.6 Å². The van der Waals surface area contributed by atoms with E-state index in [1.807, 2.05) is 0 Å². The molecule has 2 rings (SSSR count). The van der Waals surface area contributed by atoms with Crippen LogP contribution in [0.2, 0.25) is 0 Å². The first-order valence-corrected chi connectivity index (χ1v) is 11.0. The molecule has 174 valence electrons. The molecule has 1 aliphatic heterocycles. The summed E-state index contributed by atoms with van der Waals surface area (Å²) < 4.78 is 16.8. The highest BCUT2D eigenvalue weighted by Gasteiger charge is 2.36. The summed E-state index contributed by atoms with van der Waals surface area (Å²) in [4.78, 5) is 44.0. The summed E-state index contributed by atoms with van der Waals surface area (Å²) in [6.07, 6.45) is -0.399. The molecule has 2 amide bonds. The third kappa shape index (κ3) is 7.19. The molecule has 0 aliphatic carbocycles. The van der Waals surface area contributed by atoms with Crippen molar-refractivity contribution in [2.45, 2.75) is 66.1 Å². The zero-order valence-corrected chi connectivity index (χ0v) is 21.0. The van der Waals surface area contributed by atoms with Crippen LogP contribution in [0, 0.1) is 0 Å². The molecule has 0 radical (unpaired) electrons. The van der Waals surface area contributed by atoms with Crippen molar-refractivity contribution in [1.82, 2.24) is 4.90 Å². The van der Waals surface area contributed by atoms with Crippen LogP contribution in [0.1, 0.15) is 60.5 Å².